The number of nitrogens with zero attached hydrogens (tertiary/aromatic N) is 2. The van der Waals surface area contributed by atoms with Crippen molar-refractivity contribution in [1.82, 2.24) is 9.97 Å². The fourth-order valence-corrected chi connectivity index (χ4v) is 2.17. The number of hydrogen-bond donors (Lipinski definition) is 1. The zero-order valence-electron chi connectivity index (χ0n) is 14.3. The Bertz CT molecular complexity index is 880. The van der Waals surface area contributed by atoms with Crippen molar-refractivity contribution in [2.45, 2.75) is 13.8 Å². The number of benzene rings is 2. The van der Waals surface area contributed by atoms with Crippen LogP contribution in [0.2, 0.25) is 0 Å². The fraction of sp³-hybridized carbons (Fsp3) is 0.158. The molecule has 0 radical (unpaired) electrons. The summed E-state index contributed by atoms with van der Waals surface area (Å²) in [5.41, 5.74) is 8.65. The molecule has 2 aromatic carbocycles. The second-order valence-corrected chi connectivity index (χ2v) is 5.52. The quantitative estimate of drug-likeness (QED) is 0.749. The second-order valence-electron chi connectivity index (χ2n) is 5.52. The van der Waals surface area contributed by atoms with E-state index in [0.29, 0.717) is 11.5 Å². The van der Waals surface area contributed by atoms with Crippen molar-refractivity contribution in [2.75, 3.05) is 12.8 Å². The minimum Gasteiger partial charge on any atom is -0.497 e. The minimum atomic E-state index is 0.233. The maximum atomic E-state index is 6.10. The summed E-state index contributed by atoms with van der Waals surface area (Å²) in [7, 11) is 1.61. The van der Waals surface area contributed by atoms with Crippen LogP contribution in [0.1, 0.15) is 11.1 Å². The van der Waals surface area contributed by atoms with Gasteiger partial charge in [0.25, 0.3) is 0 Å². The number of anilines is 1. The van der Waals surface area contributed by atoms with Crippen LogP contribution in [0.15, 0.2) is 48.8 Å². The molecule has 0 aliphatic heterocycles. The van der Waals surface area contributed by atoms with Crippen LogP contribution < -0.4 is 19.9 Å². The SMILES string of the molecule is COc1ccc(Oc2ncnc(Oc3ccc(C)c(C)c3)c2N)cc1. The number of nitrogens with two attached hydrogens (primary N) is 1. The van der Waals surface area contributed by atoms with Gasteiger partial charge in [-0.3, -0.25) is 0 Å². The lowest BCUT2D eigenvalue weighted by molar-refractivity contribution is 0.411. The lowest BCUT2D eigenvalue weighted by atomic mass is 10.1. The number of hydrogen-bond acceptors (Lipinski definition) is 6. The molecule has 0 unspecified atom stereocenters. The van der Waals surface area contributed by atoms with Crippen LogP contribution in [0.4, 0.5) is 5.69 Å². The molecule has 3 aromatic rings. The van der Waals surface area contributed by atoms with Crippen LogP contribution >= 0.6 is 0 Å². The van der Waals surface area contributed by atoms with E-state index in [0.717, 1.165) is 11.3 Å². The van der Waals surface area contributed by atoms with Crippen LogP contribution in [-0.2, 0) is 0 Å². The first-order valence-corrected chi connectivity index (χ1v) is 7.74. The van der Waals surface area contributed by atoms with Gasteiger partial charge in [-0.2, -0.15) is 9.97 Å². The average Bonchev–Trinajstić information content (AvgIpc) is 2.62. The van der Waals surface area contributed by atoms with E-state index in [1.54, 1.807) is 31.4 Å². The summed E-state index contributed by atoms with van der Waals surface area (Å²) in [4.78, 5) is 8.18. The van der Waals surface area contributed by atoms with Gasteiger partial charge < -0.3 is 19.9 Å². The molecule has 0 spiro atoms. The maximum Gasteiger partial charge on any atom is 0.249 e. The van der Waals surface area contributed by atoms with Gasteiger partial charge in [-0.1, -0.05) is 6.07 Å². The van der Waals surface area contributed by atoms with E-state index in [4.69, 9.17) is 19.9 Å². The Kier molecular flexibility index (Phi) is 4.70. The lowest BCUT2D eigenvalue weighted by Gasteiger charge is -2.12. The van der Waals surface area contributed by atoms with Crippen molar-refractivity contribution in [3.63, 3.8) is 0 Å². The molecular weight excluding hydrogens is 318 g/mol. The van der Waals surface area contributed by atoms with Crippen molar-refractivity contribution >= 4 is 5.69 Å². The largest absolute Gasteiger partial charge is 0.497 e. The topological polar surface area (TPSA) is 79.5 Å². The van der Waals surface area contributed by atoms with E-state index in [2.05, 4.69) is 9.97 Å². The van der Waals surface area contributed by atoms with Crippen molar-refractivity contribution in [3.05, 3.63) is 59.9 Å². The summed E-state index contributed by atoms with van der Waals surface area (Å²) < 4.78 is 16.6. The van der Waals surface area contributed by atoms with E-state index >= 15 is 0 Å². The Morgan fingerprint density at radius 2 is 1.32 bits per heavy atom. The highest BCUT2D eigenvalue weighted by Crippen LogP contribution is 2.34. The van der Waals surface area contributed by atoms with E-state index in [-0.39, 0.29) is 17.4 Å². The van der Waals surface area contributed by atoms with Gasteiger partial charge in [0.15, 0.2) is 5.69 Å². The first-order valence-electron chi connectivity index (χ1n) is 7.74. The normalized spacial score (nSPS) is 10.4. The number of methoxy groups -OCH3 is 1. The monoisotopic (exact) mass is 337 g/mol. The third-order valence-electron chi connectivity index (χ3n) is 3.78. The minimum absolute atomic E-state index is 0.233. The molecule has 0 aliphatic rings. The number of aromatic nitrogens is 2. The third-order valence-corrected chi connectivity index (χ3v) is 3.78. The molecule has 6 heteroatoms. The maximum absolute atomic E-state index is 6.10. The standard InChI is InChI=1S/C19H19N3O3/c1-12-4-5-16(10-13(12)2)25-19-17(20)18(21-11-22-19)24-15-8-6-14(23-3)7-9-15/h4-11H,20H2,1-3H3. The summed E-state index contributed by atoms with van der Waals surface area (Å²) in [5.74, 6) is 2.47. The molecule has 0 aliphatic carbocycles. The molecule has 128 valence electrons. The highest BCUT2D eigenvalue weighted by atomic mass is 16.5. The number of ether oxygens (including phenoxy) is 3. The predicted molar refractivity (Wildman–Crippen MR) is 95.5 cm³/mol. The van der Waals surface area contributed by atoms with Gasteiger partial charge in [-0.15, -0.1) is 0 Å². The zero-order valence-corrected chi connectivity index (χ0v) is 14.3. The number of nitrogen functional groups attached to an aromatic ring is 1. The van der Waals surface area contributed by atoms with Crippen LogP contribution in [0.25, 0.3) is 0 Å². The van der Waals surface area contributed by atoms with Gasteiger partial charge in [-0.05, 0) is 61.4 Å². The Hall–Kier alpha value is -3.28. The highest BCUT2D eigenvalue weighted by molar-refractivity contribution is 5.58. The molecule has 6 nitrogen and oxygen atoms in total. The Labute approximate surface area is 146 Å². The van der Waals surface area contributed by atoms with Gasteiger partial charge in [0.1, 0.15) is 23.6 Å². The van der Waals surface area contributed by atoms with Crippen molar-refractivity contribution < 1.29 is 14.2 Å². The molecule has 2 N–H and O–H groups in total. The van der Waals surface area contributed by atoms with Crippen LogP contribution in [0.3, 0.4) is 0 Å². The van der Waals surface area contributed by atoms with E-state index in [1.807, 2.05) is 32.0 Å². The molecule has 0 saturated carbocycles. The molecule has 0 bridgehead atoms. The molecule has 1 aromatic heterocycles. The first kappa shape index (κ1) is 16.6. The second kappa shape index (κ2) is 7.09. The molecule has 3 rings (SSSR count). The van der Waals surface area contributed by atoms with Crippen molar-refractivity contribution in [1.29, 1.82) is 0 Å². The van der Waals surface area contributed by atoms with Crippen LogP contribution in [-0.4, -0.2) is 17.1 Å². The summed E-state index contributed by atoms with van der Waals surface area (Å²) in [6, 6.07) is 12.9. The third kappa shape index (κ3) is 3.80. The molecular formula is C19H19N3O3. The van der Waals surface area contributed by atoms with E-state index in [9.17, 15) is 0 Å². The molecule has 0 atom stereocenters. The van der Waals surface area contributed by atoms with Crippen molar-refractivity contribution in [2.24, 2.45) is 0 Å². The summed E-state index contributed by atoms with van der Waals surface area (Å²) >= 11 is 0. The van der Waals surface area contributed by atoms with Gasteiger partial charge in [0, 0.05) is 0 Å². The first-order chi connectivity index (χ1) is 12.1. The van der Waals surface area contributed by atoms with Crippen molar-refractivity contribution in [3.8, 4) is 29.0 Å². The molecule has 0 saturated heterocycles. The molecule has 0 amide bonds. The molecule has 25 heavy (non-hydrogen) atoms. The Morgan fingerprint density at radius 3 is 1.92 bits per heavy atom. The molecule has 0 fully saturated rings. The zero-order chi connectivity index (χ0) is 17.8. The van der Waals surface area contributed by atoms with Crippen LogP contribution in [0, 0.1) is 13.8 Å². The number of rotatable bonds is 5. The van der Waals surface area contributed by atoms with Gasteiger partial charge >= 0.3 is 0 Å². The Balaban J connectivity index is 1.82. The van der Waals surface area contributed by atoms with E-state index in [1.165, 1.54) is 11.9 Å². The lowest BCUT2D eigenvalue weighted by Crippen LogP contribution is -2.00. The number of aryl methyl sites for hydroxylation is 2. The van der Waals surface area contributed by atoms with Crippen LogP contribution in [0.5, 0.6) is 29.0 Å². The smallest absolute Gasteiger partial charge is 0.249 e. The summed E-state index contributed by atoms with van der Waals surface area (Å²) in [5, 5.41) is 0. The van der Waals surface area contributed by atoms with E-state index < -0.39 is 0 Å². The highest BCUT2D eigenvalue weighted by Gasteiger charge is 2.13. The Morgan fingerprint density at radius 1 is 0.760 bits per heavy atom. The van der Waals surface area contributed by atoms with Gasteiger partial charge in [-0.25, -0.2) is 0 Å². The fourth-order valence-electron chi connectivity index (χ4n) is 2.17. The average molecular weight is 337 g/mol. The van der Waals surface area contributed by atoms with Gasteiger partial charge in [0.05, 0.1) is 7.11 Å². The van der Waals surface area contributed by atoms with Gasteiger partial charge in [0.2, 0.25) is 11.8 Å². The predicted octanol–water partition coefficient (Wildman–Crippen LogP) is 4.27. The molecule has 1 heterocycles. The summed E-state index contributed by atoms with van der Waals surface area (Å²) in [6.07, 6.45) is 1.35. The summed E-state index contributed by atoms with van der Waals surface area (Å²) in [6.45, 7) is 4.06.